The van der Waals surface area contributed by atoms with Crippen molar-refractivity contribution in [3.05, 3.63) is 63.9 Å². The molecule has 3 rings (SSSR count). The van der Waals surface area contributed by atoms with Crippen molar-refractivity contribution in [1.29, 1.82) is 0 Å². The first-order valence-electron chi connectivity index (χ1n) is 6.41. The van der Waals surface area contributed by atoms with Gasteiger partial charge in [0.25, 0.3) is 0 Å². The lowest BCUT2D eigenvalue weighted by Gasteiger charge is -2.13. The second kappa shape index (κ2) is 5.31. The Hall–Kier alpha value is -1.78. The van der Waals surface area contributed by atoms with Crippen LogP contribution >= 0.6 is 11.3 Å². The predicted octanol–water partition coefficient (Wildman–Crippen LogP) is 4.02. The van der Waals surface area contributed by atoms with Crippen molar-refractivity contribution in [2.75, 3.05) is 0 Å². The molecule has 20 heavy (non-hydrogen) atoms. The van der Waals surface area contributed by atoms with Gasteiger partial charge in [-0.1, -0.05) is 30.3 Å². The van der Waals surface area contributed by atoms with E-state index in [-0.39, 0.29) is 5.82 Å². The van der Waals surface area contributed by atoms with Crippen molar-refractivity contribution in [3.8, 4) is 0 Å². The predicted molar refractivity (Wildman–Crippen MR) is 79.4 cm³/mol. The second-order valence-electron chi connectivity index (χ2n) is 4.78. The number of benzene rings is 2. The lowest BCUT2D eigenvalue weighted by molar-refractivity contribution is 0.180. The summed E-state index contributed by atoms with van der Waals surface area (Å²) in [6.45, 7) is 1.93. The average Bonchev–Trinajstić information content (AvgIpc) is 2.84. The Kier molecular flexibility index (Phi) is 3.51. The summed E-state index contributed by atoms with van der Waals surface area (Å²) in [5.41, 5.74) is 1.70. The van der Waals surface area contributed by atoms with Gasteiger partial charge in [0.15, 0.2) is 0 Å². The summed E-state index contributed by atoms with van der Waals surface area (Å²) in [6.07, 6.45) is -0.222. The Balaban J connectivity index is 1.99. The molecule has 0 aliphatic heterocycles. The Morgan fingerprint density at radius 2 is 1.95 bits per heavy atom. The summed E-state index contributed by atoms with van der Waals surface area (Å²) in [7, 11) is 0. The molecule has 1 atom stereocenters. The number of aliphatic hydroxyl groups excluding tert-OH is 1. The maximum atomic E-state index is 13.8. The smallest absolute Gasteiger partial charge is 0.131 e. The van der Waals surface area contributed by atoms with Crippen LogP contribution in [0, 0.1) is 12.7 Å². The van der Waals surface area contributed by atoms with E-state index in [0.29, 0.717) is 11.8 Å². The molecule has 3 aromatic rings. The Morgan fingerprint density at radius 3 is 2.65 bits per heavy atom. The normalized spacial score (nSPS) is 12.8. The number of rotatable bonds is 3. The fraction of sp³-hybridized carbons (Fsp3) is 0.188. The molecular formula is C16H14FNOS. The van der Waals surface area contributed by atoms with Gasteiger partial charge >= 0.3 is 0 Å². The molecule has 1 aromatic heterocycles. The van der Waals surface area contributed by atoms with Crippen LogP contribution in [0.4, 0.5) is 4.39 Å². The van der Waals surface area contributed by atoms with Crippen LogP contribution in [0.1, 0.15) is 22.4 Å². The van der Waals surface area contributed by atoms with E-state index < -0.39 is 6.10 Å². The minimum Gasteiger partial charge on any atom is -0.388 e. The lowest BCUT2D eigenvalue weighted by Crippen LogP contribution is -2.03. The van der Waals surface area contributed by atoms with Gasteiger partial charge in [0, 0.05) is 22.9 Å². The summed E-state index contributed by atoms with van der Waals surface area (Å²) in [6, 6.07) is 10.3. The van der Waals surface area contributed by atoms with E-state index in [1.54, 1.807) is 18.2 Å². The van der Waals surface area contributed by atoms with Crippen molar-refractivity contribution in [2.24, 2.45) is 0 Å². The molecule has 2 aromatic carbocycles. The maximum absolute atomic E-state index is 13.8. The fourth-order valence-corrected chi connectivity index (χ4v) is 3.16. The van der Waals surface area contributed by atoms with Crippen LogP contribution in [0.5, 0.6) is 0 Å². The third-order valence-electron chi connectivity index (χ3n) is 3.30. The number of hydrogen-bond donors (Lipinski definition) is 1. The second-order valence-corrected chi connectivity index (χ2v) is 5.73. The van der Waals surface area contributed by atoms with E-state index in [2.05, 4.69) is 4.98 Å². The van der Waals surface area contributed by atoms with E-state index in [1.165, 1.54) is 17.4 Å². The highest BCUT2D eigenvalue weighted by Gasteiger charge is 2.15. The molecule has 0 saturated carbocycles. The van der Waals surface area contributed by atoms with Crippen molar-refractivity contribution in [1.82, 2.24) is 4.98 Å². The Labute approximate surface area is 120 Å². The summed E-state index contributed by atoms with van der Waals surface area (Å²) in [4.78, 5) is 4.36. The van der Waals surface area contributed by atoms with Crippen molar-refractivity contribution >= 4 is 22.1 Å². The Morgan fingerprint density at radius 1 is 1.20 bits per heavy atom. The first kappa shape index (κ1) is 13.2. The quantitative estimate of drug-likeness (QED) is 0.789. The molecular weight excluding hydrogens is 273 g/mol. The van der Waals surface area contributed by atoms with Crippen molar-refractivity contribution in [2.45, 2.75) is 19.4 Å². The molecule has 0 aliphatic carbocycles. The molecule has 0 saturated heterocycles. The highest BCUT2D eigenvalue weighted by atomic mass is 32.1. The van der Waals surface area contributed by atoms with Gasteiger partial charge in [0.05, 0.1) is 11.1 Å². The Bertz CT molecular complexity index is 753. The van der Waals surface area contributed by atoms with Crippen LogP contribution in [-0.2, 0) is 6.42 Å². The van der Waals surface area contributed by atoms with E-state index >= 15 is 0 Å². The van der Waals surface area contributed by atoms with Gasteiger partial charge in [-0.25, -0.2) is 9.37 Å². The number of aliphatic hydroxyl groups is 1. The van der Waals surface area contributed by atoms with E-state index in [0.717, 1.165) is 21.7 Å². The molecule has 1 N–H and O–H groups in total. The summed E-state index contributed by atoms with van der Waals surface area (Å²) >= 11 is 1.54. The van der Waals surface area contributed by atoms with Gasteiger partial charge in [-0.3, -0.25) is 0 Å². The molecule has 102 valence electrons. The average molecular weight is 287 g/mol. The minimum absolute atomic E-state index is 0.262. The van der Waals surface area contributed by atoms with Gasteiger partial charge in [0.2, 0.25) is 0 Å². The first-order chi connectivity index (χ1) is 9.65. The third kappa shape index (κ3) is 2.44. The van der Waals surface area contributed by atoms with Crippen molar-refractivity contribution in [3.63, 3.8) is 0 Å². The molecule has 0 fully saturated rings. The largest absolute Gasteiger partial charge is 0.388 e. The van der Waals surface area contributed by atoms with Gasteiger partial charge in [0.1, 0.15) is 5.82 Å². The molecule has 0 amide bonds. The lowest BCUT2D eigenvalue weighted by atomic mass is 9.98. The van der Waals surface area contributed by atoms with E-state index in [1.807, 2.05) is 24.4 Å². The number of thiazole rings is 1. The van der Waals surface area contributed by atoms with Crippen LogP contribution in [0.2, 0.25) is 0 Å². The summed E-state index contributed by atoms with van der Waals surface area (Å²) in [5, 5.41) is 14.6. The molecule has 0 radical (unpaired) electrons. The van der Waals surface area contributed by atoms with Gasteiger partial charge < -0.3 is 5.11 Å². The zero-order chi connectivity index (χ0) is 14.1. The van der Waals surface area contributed by atoms with Crippen LogP contribution in [0.25, 0.3) is 10.8 Å². The van der Waals surface area contributed by atoms with Gasteiger partial charge in [-0.15, -0.1) is 11.3 Å². The van der Waals surface area contributed by atoms with Gasteiger partial charge in [-0.2, -0.15) is 0 Å². The topological polar surface area (TPSA) is 33.1 Å². The van der Waals surface area contributed by atoms with Crippen LogP contribution in [-0.4, -0.2) is 10.1 Å². The number of aromatic nitrogens is 1. The zero-order valence-corrected chi connectivity index (χ0v) is 11.8. The monoisotopic (exact) mass is 287 g/mol. The highest BCUT2D eigenvalue weighted by molar-refractivity contribution is 7.09. The van der Waals surface area contributed by atoms with Crippen LogP contribution in [0.3, 0.4) is 0 Å². The SMILES string of the molecule is Cc1csc(CC(O)c2ccc(F)c3ccccc23)n1. The van der Waals surface area contributed by atoms with E-state index in [9.17, 15) is 9.50 Å². The highest BCUT2D eigenvalue weighted by Crippen LogP contribution is 2.29. The molecule has 1 unspecified atom stereocenters. The maximum Gasteiger partial charge on any atom is 0.131 e. The molecule has 2 nitrogen and oxygen atoms in total. The van der Waals surface area contributed by atoms with Gasteiger partial charge in [-0.05, 0) is 23.9 Å². The molecule has 1 heterocycles. The number of halogens is 1. The van der Waals surface area contributed by atoms with E-state index in [4.69, 9.17) is 0 Å². The van der Waals surface area contributed by atoms with Crippen LogP contribution in [0.15, 0.2) is 41.8 Å². The third-order valence-corrected chi connectivity index (χ3v) is 4.29. The fourth-order valence-electron chi connectivity index (χ4n) is 2.35. The standard InChI is InChI=1S/C16H14FNOS/c1-10-9-20-16(18-10)8-15(19)13-6-7-14(17)12-5-3-2-4-11(12)13/h2-7,9,15,19H,8H2,1H3. The summed E-state index contributed by atoms with van der Waals surface area (Å²) in [5.74, 6) is -0.262. The zero-order valence-electron chi connectivity index (χ0n) is 11.0. The minimum atomic E-state index is -0.675. The molecule has 0 bridgehead atoms. The number of nitrogens with zero attached hydrogens (tertiary/aromatic N) is 1. The number of aryl methyl sites for hydroxylation is 1. The summed E-state index contributed by atoms with van der Waals surface area (Å²) < 4.78 is 13.8. The molecule has 0 spiro atoms. The number of fused-ring (bicyclic) bond motifs is 1. The van der Waals surface area contributed by atoms with Crippen molar-refractivity contribution < 1.29 is 9.50 Å². The molecule has 0 aliphatic rings. The number of hydrogen-bond acceptors (Lipinski definition) is 3. The molecule has 4 heteroatoms. The van der Waals surface area contributed by atoms with Crippen LogP contribution < -0.4 is 0 Å². The first-order valence-corrected chi connectivity index (χ1v) is 7.29.